The molecule has 66 valence electrons. The van der Waals surface area contributed by atoms with Crippen LogP contribution in [-0.2, 0) is 9.53 Å². The maximum atomic E-state index is 10.9. The lowest BCUT2D eigenvalue weighted by molar-refractivity contribution is -0.145. The lowest BCUT2D eigenvalue weighted by atomic mass is 9.98. The molecular weight excluding hydrogens is 152 g/mol. The minimum atomic E-state index is -0.257. The van der Waals surface area contributed by atoms with Crippen molar-refractivity contribution in [2.75, 3.05) is 0 Å². The summed E-state index contributed by atoms with van der Waals surface area (Å²) in [6, 6.07) is 0. The minimum absolute atomic E-state index is 0.203. The van der Waals surface area contributed by atoms with Crippen molar-refractivity contribution in [1.29, 1.82) is 0 Å². The van der Waals surface area contributed by atoms with E-state index in [9.17, 15) is 4.79 Å². The predicted octanol–water partition coefficient (Wildman–Crippen LogP) is 1.90. The van der Waals surface area contributed by atoms with Crippen molar-refractivity contribution < 1.29 is 9.53 Å². The van der Waals surface area contributed by atoms with Crippen molar-refractivity contribution in [2.24, 2.45) is 11.8 Å². The van der Waals surface area contributed by atoms with Crippen LogP contribution in [0.15, 0.2) is 12.7 Å². The van der Waals surface area contributed by atoms with Crippen LogP contribution in [0.1, 0.15) is 25.7 Å². The standard InChI is InChI=1S/C10H14O2/c1-2-10(11)12-9-6-7-3-4-8(9)5-7/h2,7-9H,1,3-6H2. The summed E-state index contributed by atoms with van der Waals surface area (Å²) >= 11 is 0. The first kappa shape index (κ1) is 7.84. The van der Waals surface area contributed by atoms with Gasteiger partial charge < -0.3 is 4.74 Å². The topological polar surface area (TPSA) is 26.3 Å². The van der Waals surface area contributed by atoms with Crippen LogP contribution in [0.4, 0.5) is 0 Å². The SMILES string of the molecule is C=CC(=O)OC1CC2CCC1C2. The number of carbonyl (C=O) groups is 1. The molecule has 2 aliphatic rings. The highest BCUT2D eigenvalue weighted by molar-refractivity contribution is 5.81. The second-order valence-electron chi connectivity index (χ2n) is 3.85. The van der Waals surface area contributed by atoms with Gasteiger partial charge in [0, 0.05) is 6.08 Å². The van der Waals surface area contributed by atoms with Crippen molar-refractivity contribution in [3.63, 3.8) is 0 Å². The second kappa shape index (κ2) is 2.92. The number of fused-ring (bicyclic) bond motifs is 2. The number of rotatable bonds is 2. The highest BCUT2D eigenvalue weighted by atomic mass is 16.5. The Balaban J connectivity index is 1.90. The predicted molar refractivity (Wildman–Crippen MR) is 45.5 cm³/mol. The normalized spacial score (nSPS) is 38.2. The van der Waals surface area contributed by atoms with Gasteiger partial charge in [0.1, 0.15) is 6.10 Å². The van der Waals surface area contributed by atoms with E-state index in [-0.39, 0.29) is 12.1 Å². The third kappa shape index (κ3) is 1.26. The fraction of sp³-hybridized carbons (Fsp3) is 0.700. The van der Waals surface area contributed by atoms with E-state index in [0.29, 0.717) is 5.92 Å². The van der Waals surface area contributed by atoms with Gasteiger partial charge in [-0.05, 0) is 37.5 Å². The molecule has 0 amide bonds. The van der Waals surface area contributed by atoms with Crippen LogP contribution in [0.3, 0.4) is 0 Å². The van der Waals surface area contributed by atoms with Gasteiger partial charge in [0.2, 0.25) is 0 Å². The summed E-state index contributed by atoms with van der Waals surface area (Å²) in [5.41, 5.74) is 0. The third-order valence-electron chi connectivity index (χ3n) is 3.11. The first-order valence-electron chi connectivity index (χ1n) is 4.62. The van der Waals surface area contributed by atoms with Crippen molar-refractivity contribution in [2.45, 2.75) is 31.8 Å². The van der Waals surface area contributed by atoms with Gasteiger partial charge in [-0.3, -0.25) is 0 Å². The lowest BCUT2D eigenvalue weighted by Gasteiger charge is -2.20. The smallest absolute Gasteiger partial charge is 0.330 e. The van der Waals surface area contributed by atoms with Gasteiger partial charge in [0.15, 0.2) is 0 Å². The van der Waals surface area contributed by atoms with Crippen LogP contribution in [0.25, 0.3) is 0 Å². The Labute approximate surface area is 72.6 Å². The highest BCUT2D eigenvalue weighted by Gasteiger charge is 2.41. The van der Waals surface area contributed by atoms with E-state index < -0.39 is 0 Å². The molecule has 2 nitrogen and oxygen atoms in total. The average Bonchev–Trinajstić information content (AvgIpc) is 2.64. The van der Waals surface area contributed by atoms with E-state index in [1.807, 2.05) is 0 Å². The summed E-state index contributed by atoms with van der Waals surface area (Å²) < 4.78 is 5.24. The molecule has 0 aromatic carbocycles. The summed E-state index contributed by atoms with van der Waals surface area (Å²) in [5, 5.41) is 0. The number of carbonyl (C=O) groups excluding carboxylic acids is 1. The van der Waals surface area contributed by atoms with Crippen LogP contribution in [0, 0.1) is 11.8 Å². The average molecular weight is 166 g/mol. The summed E-state index contributed by atoms with van der Waals surface area (Å²) in [5.74, 6) is 1.23. The third-order valence-corrected chi connectivity index (χ3v) is 3.11. The van der Waals surface area contributed by atoms with Crippen LogP contribution in [-0.4, -0.2) is 12.1 Å². The number of esters is 1. The van der Waals surface area contributed by atoms with Crippen LogP contribution >= 0.6 is 0 Å². The minimum Gasteiger partial charge on any atom is -0.459 e. The quantitative estimate of drug-likeness (QED) is 0.462. The van der Waals surface area contributed by atoms with Gasteiger partial charge in [-0.25, -0.2) is 4.79 Å². The highest BCUT2D eigenvalue weighted by Crippen LogP contribution is 2.45. The fourth-order valence-electron chi connectivity index (χ4n) is 2.53. The Bertz CT molecular complexity index is 210. The Morgan fingerprint density at radius 1 is 1.42 bits per heavy atom. The Kier molecular flexibility index (Phi) is 1.91. The number of ether oxygens (including phenoxy) is 1. The van der Waals surface area contributed by atoms with Gasteiger partial charge in [-0.2, -0.15) is 0 Å². The van der Waals surface area contributed by atoms with Crippen molar-refractivity contribution >= 4 is 5.97 Å². The summed E-state index contributed by atoms with van der Waals surface area (Å²) in [4.78, 5) is 10.9. The van der Waals surface area contributed by atoms with Crippen LogP contribution in [0.2, 0.25) is 0 Å². The molecule has 2 saturated carbocycles. The van der Waals surface area contributed by atoms with E-state index in [0.717, 1.165) is 12.3 Å². The molecule has 3 atom stereocenters. The molecule has 2 fully saturated rings. The molecule has 0 aromatic rings. The fourth-order valence-corrected chi connectivity index (χ4v) is 2.53. The van der Waals surface area contributed by atoms with E-state index >= 15 is 0 Å². The second-order valence-corrected chi connectivity index (χ2v) is 3.85. The van der Waals surface area contributed by atoms with Gasteiger partial charge in [0.25, 0.3) is 0 Å². The number of hydrogen-bond donors (Lipinski definition) is 0. The zero-order valence-electron chi connectivity index (χ0n) is 7.16. The Morgan fingerprint density at radius 2 is 2.25 bits per heavy atom. The van der Waals surface area contributed by atoms with Gasteiger partial charge in [-0.15, -0.1) is 0 Å². The van der Waals surface area contributed by atoms with Crippen molar-refractivity contribution in [1.82, 2.24) is 0 Å². The molecule has 0 heterocycles. The van der Waals surface area contributed by atoms with E-state index in [1.165, 1.54) is 25.3 Å². The largest absolute Gasteiger partial charge is 0.459 e. The molecule has 0 radical (unpaired) electrons. The van der Waals surface area contributed by atoms with Crippen molar-refractivity contribution in [3.05, 3.63) is 12.7 Å². The molecule has 2 rings (SSSR count). The molecule has 0 spiro atoms. The Morgan fingerprint density at radius 3 is 2.75 bits per heavy atom. The maximum absolute atomic E-state index is 10.9. The summed E-state index contributed by atoms with van der Waals surface area (Å²) in [6.07, 6.45) is 6.41. The molecular formula is C10H14O2. The molecule has 2 aliphatic carbocycles. The van der Waals surface area contributed by atoms with Gasteiger partial charge in [-0.1, -0.05) is 6.58 Å². The summed E-state index contributed by atoms with van der Waals surface area (Å²) in [6.45, 7) is 3.39. The van der Waals surface area contributed by atoms with Crippen LogP contribution in [0.5, 0.6) is 0 Å². The van der Waals surface area contributed by atoms with E-state index in [1.54, 1.807) is 0 Å². The van der Waals surface area contributed by atoms with E-state index in [2.05, 4.69) is 6.58 Å². The van der Waals surface area contributed by atoms with Gasteiger partial charge >= 0.3 is 5.97 Å². The summed E-state index contributed by atoms with van der Waals surface area (Å²) in [7, 11) is 0. The van der Waals surface area contributed by atoms with Crippen LogP contribution < -0.4 is 0 Å². The molecule has 0 aromatic heterocycles. The zero-order chi connectivity index (χ0) is 8.55. The van der Waals surface area contributed by atoms with Crippen molar-refractivity contribution in [3.8, 4) is 0 Å². The number of hydrogen-bond acceptors (Lipinski definition) is 2. The van der Waals surface area contributed by atoms with Gasteiger partial charge in [0.05, 0.1) is 0 Å². The zero-order valence-corrected chi connectivity index (χ0v) is 7.16. The molecule has 2 bridgehead atoms. The maximum Gasteiger partial charge on any atom is 0.330 e. The first-order valence-corrected chi connectivity index (χ1v) is 4.62. The molecule has 0 N–H and O–H groups in total. The first-order chi connectivity index (χ1) is 5.79. The molecule has 0 aliphatic heterocycles. The molecule has 0 saturated heterocycles. The molecule has 12 heavy (non-hydrogen) atoms. The lowest BCUT2D eigenvalue weighted by Crippen LogP contribution is -2.22. The Hall–Kier alpha value is -0.790. The molecule has 2 heteroatoms. The monoisotopic (exact) mass is 166 g/mol. The molecule has 3 unspecified atom stereocenters. The van der Waals surface area contributed by atoms with E-state index in [4.69, 9.17) is 4.74 Å².